The Hall–Kier alpha value is -3.52. The number of hydrogen-bond acceptors (Lipinski definition) is 4. The van der Waals surface area contributed by atoms with E-state index < -0.39 is 0 Å². The highest BCUT2D eigenvalue weighted by Crippen LogP contribution is 2.35. The van der Waals surface area contributed by atoms with E-state index in [0.717, 1.165) is 58.2 Å². The Bertz CT molecular complexity index is 1280. The predicted molar refractivity (Wildman–Crippen MR) is 109 cm³/mol. The normalized spacial score (nSPS) is 16.9. The van der Waals surface area contributed by atoms with Gasteiger partial charge in [-0.05, 0) is 55.5 Å². The summed E-state index contributed by atoms with van der Waals surface area (Å²) in [6.07, 6.45) is 10.3. The third kappa shape index (κ3) is 2.74. The van der Waals surface area contributed by atoms with E-state index in [4.69, 9.17) is 5.26 Å². The van der Waals surface area contributed by atoms with Gasteiger partial charge in [0.05, 0.1) is 34.9 Å². The molecule has 0 radical (unpaired) electrons. The van der Waals surface area contributed by atoms with Gasteiger partial charge in [0.15, 0.2) is 0 Å². The number of allylic oxidation sites excluding steroid dienone is 2. The summed E-state index contributed by atoms with van der Waals surface area (Å²) in [5.41, 5.74) is 7.37. The lowest BCUT2D eigenvalue weighted by Crippen LogP contribution is -2.05. The lowest BCUT2D eigenvalue weighted by atomic mass is 9.88. The third-order valence-corrected chi connectivity index (χ3v) is 5.47. The first kappa shape index (κ1) is 16.6. The highest BCUT2D eigenvalue weighted by molar-refractivity contribution is 5.92. The molecule has 0 amide bonds. The number of nitriles is 1. The van der Waals surface area contributed by atoms with Gasteiger partial charge < -0.3 is 0 Å². The molecule has 0 bridgehead atoms. The van der Waals surface area contributed by atoms with Crippen molar-refractivity contribution in [2.75, 3.05) is 0 Å². The van der Waals surface area contributed by atoms with Gasteiger partial charge in [-0.3, -0.25) is 9.97 Å². The van der Waals surface area contributed by atoms with Crippen LogP contribution in [0.3, 0.4) is 0 Å². The summed E-state index contributed by atoms with van der Waals surface area (Å²) in [4.78, 5) is 9.29. The van der Waals surface area contributed by atoms with Gasteiger partial charge in [-0.25, -0.2) is 4.52 Å². The number of pyridine rings is 1. The minimum absolute atomic E-state index is 0.115. The van der Waals surface area contributed by atoms with Crippen LogP contribution in [0, 0.1) is 24.2 Å². The Labute approximate surface area is 163 Å². The molecule has 0 aliphatic heterocycles. The summed E-state index contributed by atoms with van der Waals surface area (Å²) >= 11 is 0. The fourth-order valence-electron chi connectivity index (χ4n) is 3.95. The maximum atomic E-state index is 9.17. The minimum Gasteiger partial charge on any atom is -0.253 e. The van der Waals surface area contributed by atoms with E-state index in [-0.39, 0.29) is 5.92 Å². The van der Waals surface area contributed by atoms with Gasteiger partial charge in [-0.2, -0.15) is 10.4 Å². The first-order valence-electron chi connectivity index (χ1n) is 9.52. The molecule has 0 fully saturated rings. The third-order valence-electron chi connectivity index (χ3n) is 5.47. The topological polar surface area (TPSA) is 66.9 Å². The predicted octanol–water partition coefficient (Wildman–Crippen LogP) is 4.96. The quantitative estimate of drug-likeness (QED) is 0.503. The van der Waals surface area contributed by atoms with Crippen molar-refractivity contribution in [2.45, 2.75) is 26.2 Å². The second-order valence-electron chi connectivity index (χ2n) is 7.32. The first-order valence-corrected chi connectivity index (χ1v) is 9.52. The molecule has 136 valence electrons. The summed E-state index contributed by atoms with van der Waals surface area (Å²) in [5.74, 6) is 0.115. The van der Waals surface area contributed by atoms with Crippen molar-refractivity contribution in [1.29, 1.82) is 5.26 Å². The van der Waals surface area contributed by atoms with Crippen LogP contribution >= 0.6 is 0 Å². The number of fused-ring (bicyclic) bond motifs is 2. The van der Waals surface area contributed by atoms with E-state index in [9.17, 15) is 0 Å². The average Bonchev–Trinajstić information content (AvgIpc) is 3.18. The van der Waals surface area contributed by atoms with Crippen LogP contribution in [-0.4, -0.2) is 19.6 Å². The van der Waals surface area contributed by atoms with E-state index in [1.807, 2.05) is 29.9 Å². The van der Waals surface area contributed by atoms with Crippen LogP contribution < -0.4 is 0 Å². The van der Waals surface area contributed by atoms with Crippen molar-refractivity contribution in [3.05, 3.63) is 66.4 Å². The zero-order chi connectivity index (χ0) is 19.1. The lowest BCUT2D eigenvalue weighted by Gasteiger charge is -2.17. The van der Waals surface area contributed by atoms with Crippen molar-refractivity contribution in [3.8, 4) is 17.2 Å². The largest absolute Gasteiger partial charge is 0.253 e. The van der Waals surface area contributed by atoms with Crippen molar-refractivity contribution in [3.63, 3.8) is 0 Å². The molecule has 1 atom stereocenters. The molecule has 3 aromatic heterocycles. The Morgan fingerprint density at radius 3 is 2.96 bits per heavy atom. The van der Waals surface area contributed by atoms with Crippen LogP contribution in [0.25, 0.3) is 33.1 Å². The Kier molecular flexibility index (Phi) is 3.91. The molecule has 4 aromatic rings. The second-order valence-corrected chi connectivity index (χ2v) is 7.32. The van der Waals surface area contributed by atoms with Gasteiger partial charge in [0.25, 0.3) is 0 Å². The molecule has 1 aromatic carbocycles. The second kappa shape index (κ2) is 6.58. The SMILES string of the molecule is Cc1ccc2cc(-c3cnn4ccnc(C5=CCC(C#N)CC5)c34)ccc2n1. The molecule has 0 spiro atoms. The van der Waals surface area contributed by atoms with Crippen LogP contribution in [0.5, 0.6) is 0 Å². The maximum Gasteiger partial charge on any atom is 0.0999 e. The van der Waals surface area contributed by atoms with Crippen LogP contribution in [0.2, 0.25) is 0 Å². The van der Waals surface area contributed by atoms with E-state index >= 15 is 0 Å². The van der Waals surface area contributed by atoms with E-state index in [1.54, 1.807) is 6.20 Å². The number of aryl methyl sites for hydroxylation is 1. The Morgan fingerprint density at radius 1 is 1.21 bits per heavy atom. The smallest absolute Gasteiger partial charge is 0.0999 e. The standard InChI is InChI=1S/C23H19N5/c1-15-2-5-19-12-18(8-9-21(19)27-15)20-14-26-28-11-10-25-22(23(20)28)17-6-3-16(13-24)4-7-17/h2,5-6,8-12,14,16H,3-4,7H2,1H3. The zero-order valence-electron chi connectivity index (χ0n) is 15.6. The molecule has 0 N–H and O–H groups in total. The summed E-state index contributed by atoms with van der Waals surface area (Å²) < 4.78 is 1.90. The van der Waals surface area contributed by atoms with Crippen molar-refractivity contribution in [1.82, 2.24) is 19.6 Å². The van der Waals surface area contributed by atoms with Crippen LogP contribution in [0.15, 0.2) is 55.0 Å². The lowest BCUT2D eigenvalue weighted by molar-refractivity contribution is 0.603. The van der Waals surface area contributed by atoms with Gasteiger partial charge in [0.2, 0.25) is 0 Å². The molecule has 5 rings (SSSR count). The molecular weight excluding hydrogens is 346 g/mol. The van der Waals surface area contributed by atoms with Crippen LogP contribution in [0.4, 0.5) is 0 Å². The Balaban J connectivity index is 1.66. The summed E-state index contributed by atoms with van der Waals surface area (Å²) in [6.45, 7) is 2.01. The number of benzene rings is 1. The molecule has 3 heterocycles. The van der Waals surface area contributed by atoms with Crippen LogP contribution in [-0.2, 0) is 0 Å². The molecule has 5 heteroatoms. The van der Waals surface area contributed by atoms with Gasteiger partial charge in [-0.1, -0.05) is 18.2 Å². The summed E-state index contributed by atoms with van der Waals surface area (Å²) in [6, 6.07) is 12.9. The monoisotopic (exact) mass is 365 g/mol. The molecule has 1 aliphatic carbocycles. The summed E-state index contributed by atoms with van der Waals surface area (Å²) in [5, 5.41) is 14.8. The molecule has 1 unspecified atom stereocenters. The van der Waals surface area contributed by atoms with Crippen molar-refractivity contribution >= 4 is 22.0 Å². The number of nitrogens with zero attached hydrogens (tertiary/aromatic N) is 5. The van der Waals surface area contributed by atoms with E-state index in [2.05, 4.69) is 51.5 Å². The van der Waals surface area contributed by atoms with Gasteiger partial charge in [0, 0.05) is 29.0 Å². The molecule has 5 nitrogen and oxygen atoms in total. The van der Waals surface area contributed by atoms with Gasteiger partial charge in [0.1, 0.15) is 0 Å². The van der Waals surface area contributed by atoms with Crippen molar-refractivity contribution < 1.29 is 0 Å². The molecule has 0 saturated heterocycles. The van der Waals surface area contributed by atoms with Crippen LogP contribution in [0.1, 0.15) is 30.7 Å². The van der Waals surface area contributed by atoms with Crippen molar-refractivity contribution in [2.24, 2.45) is 5.92 Å². The van der Waals surface area contributed by atoms with Gasteiger partial charge in [-0.15, -0.1) is 0 Å². The fourth-order valence-corrected chi connectivity index (χ4v) is 3.95. The van der Waals surface area contributed by atoms with E-state index in [0.29, 0.717) is 0 Å². The molecule has 0 saturated carbocycles. The van der Waals surface area contributed by atoms with E-state index in [1.165, 1.54) is 5.57 Å². The highest BCUT2D eigenvalue weighted by Gasteiger charge is 2.20. The molecule has 1 aliphatic rings. The highest BCUT2D eigenvalue weighted by atomic mass is 15.2. The minimum atomic E-state index is 0.115. The molecule has 28 heavy (non-hydrogen) atoms. The maximum absolute atomic E-state index is 9.17. The average molecular weight is 365 g/mol. The first-order chi connectivity index (χ1) is 13.7. The van der Waals surface area contributed by atoms with Gasteiger partial charge >= 0.3 is 0 Å². The number of rotatable bonds is 2. The number of aromatic nitrogens is 4. The Morgan fingerprint density at radius 2 is 2.14 bits per heavy atom. The number of hydrogen-bond donors (Lipinski definition) is 0. The summed E-state index contributed by atoms with van der Waals surface area (Å²) in [7, 11) is 0. The zero-order valence-corrected chi connectivity index (χ0v) is 15.6. The fraction of sp³-hybridized carbons (Fsp3) is 0.217. The molecular formula is C23H19N5.